The van der Waals surface area contributed by atoms with Gasteiger partial charge in [-0.25, -0.2) is 0 Å². The predicted molar refractivity (Wildman–Crippen MR) is 91.4 cm³/mol. The number of nitro benzene ring substituents is 1. The average molecular weight is 323 g/mol. The van der Waals surface area contributed by atoms with Crippen molar-refractivity contribution in [2.75, 3.05) is 31.5 Å². The normalized spacial score (nSPS) is 15.3. The molecule has 22 heavy (non-hydrogen) atoms. The van der Waals surface area contributed by atoms with Crippen molar-refractivity contribution in [1.29, 1.82) is 0 Å². The molecular formula is C15H23N4O2S+. The second-order valence-corrected chi connectivity index (χ2v) is 6.01. The maximum absolute atomic E-state index is 10.6. The number of likely N-dealkylation sites (tertiary alicyclic amines) is 1. The van der Waals surface area contributed by atoms with Crippen molar-refractivity contribution in [2.45, 2.75) is 25.7 Å². The summed E-state index contributed by atoms with van der Waals surface area (Å²) in [4.78, 5) is 11.9. The van der Waals surface area contributed by atoms with Crippen LogP contribution in [0.4, 0.5) is 11.4 Å². The SMILES string of the molecule is O=[N+]([O-])c1ccc(NC(=S)NCCC[NH+]2CCCCC2)cc1. The third-order valence-corrected chi connectivity index (χ3v) is 4.14. The third-order valence-electron chi connectivity index (χ3n) is 3.89. The van der Waals surface area contributed by atoms with Gasteiger partial charge in [0.2, 0.25) is 0 Å². The Morgan fingerprint density at radius 1 is 1.23 bits per heavy atom. The van der Waals surface area contributed by atoms with Crippen LogP contribution in [0.3, 0.4) is 0 Å². The molecule has 1 fully saturated rings. The molecule has 0 radical (unpaired) electrons. The van der Waals surface area contributed by atoms with Crippen LogP contribution in [-0.4, -0.2) is 36.2 Å². The first kappa shape index (κ1) is 16.6. The number of anilines is 1. The molecule has 0 spiro atoms. The second-order valence-electron chi connectivity index (χ2n) is 5.60. The van der Waals surface area contributed by atoms with Gasteiger partial charge in [-0.3, -0.25) is 10.1 Å². The smallest absolute Gasteiger partial charge is 0.269 e. The molecule has 1 aromatic rings. The molecular weight excluding hydrogens is 300 g/mol. The highest BCUT2D eigenvalue weighted by molar-refractivity contribution is 7.80. The van der Waals surface area contributed by atoms with Gasteiger partial charge in [0.25, 0.3) is 5.69 Å². The number of nitro groups is 1. The molecule has 1 aliphatic rings. The van der Waals surface area contributed by atoms with Gasteiger partial charge in [0.05, 0.1) is 24.6 Å². The van der Waals surface area contributed by atoms with E-state index in [4.69, 9.17) is 12.2 Å². The maximum atomic E-state index is 10.6. The summed E-state index contributed by atoms with van der Waals surface area (Å²) in [5, 5.41) is 17.4. The summed E-state index contributed by atoms with van der Waals surface area (Å²) in [7, 11) is 0. The van der Waals surface area contributed by atoms with Gasteiger partial charge in [-0.05, 0) is 43.6 Å². The lowest BCUT2D eigenvalue weighted by Crippen LogP contribution is -3.12. The molecule has 0 saturated carbocycles. The van der Waals surface area contributed by atoms with E-state index in [0.717, 1.165) is 18.7 Å². The Balaban J connectivity index is 1.63. The number of hydrogen-bond acceptors (Lipinski definition) is 3. The number of rotatable bonds is 6. The maximum Gasteiger partial charge on any atom is 0.269 e. The number of hydrogen-bond donors (Lipinski definition) is 3. The zero-order chi connectivity index (χ0) is 15.8. The van der Waals surface area contributed by atoms with Crippen LogP contribution in [0, 0.1) is 10.1 Å². The van der Waals surface area contributed by atoms with Crippen molar-refractivity contribution in [1.82, 2.24) is 5.32 Å². The van der Waals surface area contributed by atoms with E-state index in [9.17, 15) is 10.1 Å². The van der Waals surface area contributed by atoms with Crippen LogP contribution in [0.25, 0.3) is 0 Å². The number of nitrogens with one attached hydrogen (secondary N) is 3. The molecule has 1 aliphatic heterocycles. The Bertz CT molecular complexity index is 501. The Morgan fingerprint density at radius 3 is 2.55 bits per heavy atom. The summed E-state index contributed by atoms with van der Waals surface area (Å²) in [6.07, 6.45) is 5.17. The highest BCUT2D eigenvalue weighted by Gasteiger charge is 2.12. The molecule has 7 heteroatoms. The summed E-state index contributed by atoms with van der Waals surface area (Å²) in [5.74, 6) is 0. The minimum Gasteiger partial charge on any atom is -0.362 e. The van der Waals surface area contributed by atoms with Crippen molar-refractivity contribution in [3.05, 3.63) is 34.4 Å². The molecule has 1 saturated heterocycles. The third kappa shape index (κ3) is 5.57. The van der Waals surface area contributed by atoms with Crippen LogP contribution in [-0.2, 0) is 0 Å². The van der Waals surface area contributed by atoms with E-state index < -0.39 is 4.92 Å². The van der Waals surface area contributed by atoms with Crippen molar-refractivity contribution < 1.29 is 9.82 Å². The van der Waals surface area contributed by atoms with Gasteiger partial charge >= 0.3 is 0 Å². The number of quaternary nitrogens is 1. The van der Waals surface area contributed by atoms with Gasteiger partial charge in [-0.15, -0.1) is 0 Å². The Hall–Kier alpha value is -1.73. The van der Waals surface area contributed by atoms with Gasteiger partial charge in [-0.1, -0.05) is 0 Å². The van der Waals surface area contributed by atoms with E-state index >= 15 is 0 Å². The molecule has 0 aromatic heterocycles. The molecule has 3 N–H and O–H groups in total. The zero-order valence-electron chi connectivity index (χ0n) is 12.6. The van der Waals surface area contributed by atoms with Crippen molar-refractivity contribution in [3.8, 4) is 0 Å². The minimum absolute atomic E-state index is 0.0777. The fraction of sp³-hybridized carbons (Fsp3) is 0.533. The summed E-state index contributed by atoms with van der Waals surface area (Å²) in [6, 6.07) is 6.24. The molecule has 0 aliphatic carbocycles. The standard InChI is InChI=1S/C15H22N4O2S/c20-19(21)14-7-5-13(6-8-14)17-15(22)16-9-4-12-18-10-2-1-3-11-18/h5-8H,1-4,9-12H2,(H2,16,17,22)/p+1. The van der Waals surface area contributed by atoms with Gasteiger partial charge in [0.15, 0.2) is 5.11 Å². The van der Waals surface area contributed by atoms with Crippen LogP contribution in [0.1, 0.15) is 25.7 Å². The first-order chi connectivity index (χ1) is 10.6. The van der Waals surface area contributed by atoms with Crippen LogP contribution in [0.5, 0.6) is 0 Å². The fourth-order valence-corrected chi connectivity index (χ4v) is 2.90. The second kappa shape index (κ2) is 8.65. The van der Waals surface area contributed by atoms with Gasteiger partial charge < -0.3 is 15.5 Å². The van der Waals surface area contributed by atoms with Crippen molar-refractivity contribution in [2.24, 2.45) is 0 Å². The van der Waals surface area contributed by atoms with E-state index in [-0.39, 0.29) is 5.69 Å². The first-order valence-corrected chi connectivity index (χ1v) is 8.19. The van der Waals surface area contributed by atoms with E-state index in [1.54, 1.807) is 17.0 Å². The van der Waals surface area contributed by atoms with Gasteiger partial charge in [0.1, 0.15) is 0 Å². The van der Waals surface area contributed by atoms with Crippen LogP contribution in [0.15, 0.2) is 24.3 Å². The summed E-state index contributed by atoms with van der Waals surface area (Å²) >= 11 is 5.23. The number of nitrogens with zero attached hydrogens (tertiary/aromatic N) is 1. The van der Waals surface area contributed by atoms with Crippen molar-refractivity contribution in [3.63, 3.8) is 0 Å². The molecule has 6 nitrogen and oxygen atoms in total. The summed E-state index contributed by atoms with van der Waals surface area (Å²) in [6.45, 7) is 4.63. The molecule has 0 atom stereocenters. The van der Waals surface area contributed by atoms with E-state index in [1.807, 2.05) is 0 Å². The molecule has 2 rings (SSSR count). The van der Waals surface area contributed by atoms with Gasteiger partial charge in [0, 0.05) is 30.8 Å². The molecule has 120 valence electrons. The monoisotopic (exact) mass is 323 g/mol. The highest BCUT2D eigenvalue weighted by atomic mass is 32.1. The van der Waals surface area contributed by atoms with E-state index in [0.29, 0.717) is 5.11 Å². The fourth-order valence-electron chi connectivity index (χ4n) is 2.68. The lowest BCUT2D eigenvalue weighted by atomic mass is 10.1. The molecule has 1 aromatic carbocycles. The Kier molecular flexibility index (Phi) is 6.54. The lowest BCUT2D eigenvalue weighted by Gasteiger charge is -2.23. The predicted octanol–water partition coefficient (Wildman–Crippen LogP) is 1.34. The lowest BCUT2D eigenvalue weighted by molar-refractivity contribution is -0.904. The highest BCUT2D eigenvalue weighted by Crippen LogP contribution is 2.15. The van der Waals surface area contributed by atoms with E-state index in [2.05, 4.69) is 10.6 Å². The van der Waals surface area contributed by atoms with E-state index in [1.165, 1.54) is 51.0 Å². The summed E-state index contributed by atoms with van der Waals surface area (Å²) in [5.41, 5.74) is 0.832. The Morgan fingerprint density at radius 2 is 1.91 bits per heavy atom. The van der Waals surface area contributed by atoms with Crippen LogP contribution in [0.2, 0.25) is 0 Å². The first-order valence-electron chi connectivity index (χ1n) is 7.78. The molecule has 1 heterocycles. The quantitative estimate of drug-likeness (QED) is 0.319. The minimum atomic E-state index is -0.413. The van der Waals surface area contributed by atoms with Crippen LogP contribution < -0.4 is 15.5 Å². The molecule has 0 unspecified atom stereocenters. The number of thiocarbonyl (C=S) groups is 1. The molecule has 0 amide bonds. The van der Waals surface area contributed by atoms with Crippen LogP contribution >= 0.6 is 12.2 Å². The molecule has 0 bridgehead atoms. The topological polar surface area (TPSA) is 71.6 Å². The Labute approximate surface area is 136 Å². The largest absolute Gasteiger partial charge is 0.362 e. The average Bonchev–Trinajstić information content (AvgIpc) is 2.53. The number of piperidine rings is 1. The number of non-ortho nitro benzene ring substituents is 1. The zero-order valence-corrected chi connectivity index (χ0v) is 13.5. The van der Waals surface area contributed by atoms with Gasteiger partial charge in [-0.2, -0.15) is 0 Å². The number of benzene rings is 1. The summed E-state index contributed by atoms with van der Waals surface area (Å²) < 4.78 is 0. The van der Waals surface area contributed by atoms with Crippen molar-refractivity contribution >= 4 is 28.7 Å².